The molecule has 25 heavy (non-hydrogen) atoms. The minimum atomic E-state index is 0.649. The molecule has 5 rings (SSSR count). The maximum absolute atomic E-state index is 5.47. The van der Waals surface area contributed by atoms with Crippen molar-refractivity contribution in [2.75, 3.05) is 31.2 Å². The molecule has 0 spiro atoms. The molecule has 1 saturated heterocycles. The number of nitrogens with one attached hydrogen (secondary N) is 1. The number of benzene rings is 2. The minimum Gasteiger partial charge on any atom is -0.378 e. The molecular formula is C19H19N5O. The molecule has 1 aliphatic carbocycles. The lowest BCUT2D eigenvalue weighted by Gasteiger charge is -2.30. The highest BCUT2D eigenvalue weighted by molar-refractivity contribution is 5.61. The molecule has 0 bridgehead atoms. The summed E-state index contributed by atoms with van der Waals surface area (Å²) in [5.74, 6) is 0.649. The number of nitrogens with zero attached hydrogens (tertiary/aromatic N) is 4. The van der Waals surface area contributed by atoms with Gasteiger partial charge in [-0.25, -0.2) is 0 Å². The van der Waals surface area contributed by atoms with Gasteiger partial charge in [-0.2, -0.15) is 5.21 Å². The Morgan fingerprint density at radius 3 is 2.44 bits per heavy atom. The molecule has 2 aliphatic rings. The van der Waals surface area contributed by atoms with Crippen molar-refractivity contribution in [1.82, 2.24) is 20.6 Å². The molecule has 1 N–H and O–H groups in total. The highest BCUT2D eigenvalue weighted by Crippen LogP contribution is 2.32. The van der Waals surface area contributed by atoms with Gasteiger partial charge in [-0.15, -0.1) is 10.2 Å². The molecule has 1 aromatic heterocycles. The van der Waals surface area contributed by atoms with Crippen LogP contribution in [-0.4, -0.2) is 46.9 Å². The smallest absolute Gasteiger partial charge is 0.204 e. The number of tetrazole rings is 1. The Kier molecular flexibility index (Phi) is 3.48. The third-order valence-electron chi connectivity index (χ3n) is 5.14. The second-order valence-electron chi connectivity index (χ2n) is 6.62. The van der Waals surface area contributed by atoms with Gasteiger partial charge in [-0.3, -0.25) is 0 Å². The van der Waals surface area contributed by atoms with Crippen molar-refractivity contribution in [2.24, 2.45) is 0 Å². The molecule has 0 atom stereocenters. The second-order valence-corrected chi connectivity index (χ2v) is 6.62. The van der Waals surface area contributed by atoms with Crippen LogP contribution in [0.5, 0.6) is 0 Å². The Balaban J connectivity index is 1.46. The number of aromatic amines is 1. The Bertz CT molecular complexity index is 900. The molecule has 0 saturated carbocycles. The van der Waals surface area contributed by atoms with E-state index in [0.29, 0.717) is 5.82 Å². The molecule has 0 radical (unpaired) electrons. The highest BCUT2D eigenvalue weighted by Gasteiger charge is 2.19. The van der Waals surface area contributed by atoms with Gasteiger partial charge in [0.25, 0.3) is 0 Å². The number of rotatable bonds is 2. The molecule has 1 fully saturated rings. The maximum atomic E-state index is 5.47. The van der Waals surface area contributed by atoms with Crippen LogP contribution in [0, 0.1) is 0 Å². The topological polar surface area (TPSA) is 66.9 Å². The van der Waals surface area contributed by atoms with Crippen LogP contribution in [0.25, 0.3) is 11.4 Å². The molecule has 6 nitrogen and oxygen atoms in total. The number of aromatic nitrogens is 4. The van der Waals surface area contributed by atoms with Crippen molar-refractivity contribution in [1.29, 1.82) is 0 Å². The quantitative estimate of drug-likeness (QED) is 0.609. The van der Waals surface area contributed by atoms with Crippen molar-refractivity contribution in [2.45, 2.75) is 12.8 Å². The van der Waals surface area contributed by atoms with Crippen molar-refractivity contribution in [3.05, 3.63) is 58.7 Å². The van der Waals surface area contributed by atoms with Gasteiger partial charge in [0.2, 0.25) is 5.82 Å². The van der Waals surface area contributed by atoms with E-state index in [9.17, 15) is 0 Å². The predicted octanol–water partition coefficient (Wildman–Crippen LogP) is 2.20. The maximum Gasteiger partial charge on any atom is 0.204 e. The normalized spacial score (nSPS) is 16.4. The zero-order valence-electron chi connectivity index (χ0n) is 13.9. The number of ether oxygens (including phenoxy) is 1. The zero-order chi connectivity index (χ0) is 16.6. The average molecular weight is 333 g/mol. The van der Waals surface area contributed by atoms with Crippen LogP contribution in [0.3, 0.4) is 0 Å². The van der Waals surface area contributed by atoms with Crippen LogP contribution >= 0.6 is 0 Å². The molecule has 6 heteroatoms. The van der Waals surface area contributed by atoms with Crippen LogP contribution in [-0.2, 0) is 17.6 Å². The summed E-state index contributed by atoms with van der Waals surface area (Å²) in [5.41, 5.74) is 7.91. The lowest BCUT2D eigenvalue weighted by Crippen LogP contribution is -2.36. The van der Waals surface area contributed by atoms with E-state index in [2.05, 4.69) is 61.9 Å². The summed E-state index contributed by atoms with van der Waals surface area (Å²) < 4.78 is 5.47. The van der Waals surface area contributed by atoms with Gasteiger partial charge in [-0.05, 0) is 58.5 Å². The fourth-order valence-corrected chi connectivity index (χ4v) is 3.76. The fourth-order valence-electron chi connectivity index (χ4n) is 3.76. The Hall–Kier alpha value is -2.73. The summed E-state index contributed by atoms with van der Waals surface area (Å²) in [6, 6.07) is 13.4. The van der Waals surface area contributed by atoms with E-state index in [1.807, 2.05) is 0 Å². The van der Waals surface area contributed by atoms with Crippen molar-refractivity contribution >= 4 is 5.69 Å². The summed E-state index contributed by atoms with van der Waals surface area (Å²) >= 11 is 0. The second kappa shape index (κ2) is 5.97. The summed E-state index contributed by atoms with van der Waals surface area (Å²) in [7, 11) is 0. The highest BCUT2D eigenvalue weighted by atomic mass is 16.5. The SMILES string of the molecule is c1cc2c(cc1-c1nn[nH]n1)Cc1cc(N3CCOCC3)ccc1C2. The first-order valence-corrected chi connectivity index (χ1v) is 8.67. The Morgan fingerprint density at radius 1 is 0.880 bits per heavy atom. The third-order valence-corrected chi connectivity index (χ3v) is 5.14. The Labute approximate surface area is 145 Å². The van der Waals surface area contributed by atoms with Gasteiger partial charge < -0.3 is 9.64 Å². The first-order valence-electron chi connectivity index (χ1n) is 8.67. The molecule has 1 aliphatic heterocycles. The average Bonchev–Trinajstić information content (AvgIpc) is 3.21. The molecule has 0 unspecified atom stereocenters. The number of anilines is 1. The van der Waals surface area contributed by atoms with Gasteiger partial charge in [0.15, 0.2) is 0 Å². The summed E-state index contributed by atoms with van der Waals surface area (Å²) in [6.45, 7) is 3.57. The van der Waals surface area contributed by atoms with Crippen molar-refractivity contribution in [3.8, 4) is 11.4 Å². The summed E-state index contributed by atoms with van der Waals surface area (Å²) in [5, 5.41) is 14.4. The molecular weight excluding hydrogens is 314 g/mol. The van der Waals surface area contributed by atoms with Crippen molar-refractivity contribution < 1.29 is 4.74 Å². The molecule has 3 aromatic rings. The van der Waals surface area contributed by atoms with Crippen molar-refractivity contribution in [3.63, 3.8) is 0 Å². The van der Waals surface area contributed by atoms with Crippen LogP contribution in [0.4, 0.5) is 5.69 Å². The van der Waals surface area contributed by atoms with E-state index in [-0.39, 0.29) is 0 Å². The summed E-state index contributed by atoms with van der Waals surface area (Å²) in [4.78, 5) is 2.41. The number of morpholine rings is 1. The largest absolute Gasteiger partial charge is 0.378 e. The molecule has 126 valence electrons. The van der Waals surface area contributed by atoms with E-state index in [1.165, 1.54) is 27.9 Å². The molecule has 2 heterocycles. The van der Waals surface area contributed by atoms with Crippen LogP contribution in [0.15, 0.2) is 36.4 Å². The minimum absolute atomic E-state index is 0.649. The summed E-state index contributed by atoms with van der Waals surface area (Å²) in [6.07, 6.45) is 1.94. The van der Waals surface area contributed by atoms with Crippen LogP contribution in [0.1, 0.15) is 22.3 Å². The Morgan fingerprint density at radius 2 is 1.64 bits per heavy atom. The lowest BCUT2D eigenvalue weighted by molar-refractivity contribution is 0.122. The van der Waals surface area contributed by atoms with Gasteiger partial charge in [0.05, 0.1) is 13.2 Å². The first-order chi connectivity index (χ1) is 12.4. The molecule has 0 amide bonds. The number of hydrogen-bond acceptors (Lipinski definition) is 5. The van der Waals surface area contributed by atoms with E-state index in [0.717, 1.165) is 44.7 Å². The fraction of sp³-hybridized carbons (Fsp3) is 0.316. The van der Waals surface area contributed by atoms with E-state index in [1.54, 1.807) is 0 Å². The lowest BCUT2D eigenvalue weighted by atomic mass is 9.85. The van der Waals surface area contributed by atoms with Gasteiger partial charge in [0, 0.05) is 24.3 Å². The zero-order valence-corrected chi connectivity index (χ0v) is 13.9. The predicted molar refractivity (Wildman–Crippen MR) is 94.7 cm³/mol. The van der Waals surface area contributed by atoms with E-state index < -0.39 is 0 Å². The van der Waals surface area contributed by atoms with Crippen LogP contribution < -0.4 is 4.90 Å². The van der Waals surface area contributed by atoms with Gasteiger partial charge >= 0.3 is 0 Å². The number of fused-ring (bicyclic) bond motifs is 2. The van der Waals surface area contributed by atoms with E-state index in [4.69, 9.17) is 4.74 Å². The monoisotopic (exact) mass is 333 g/mol. The van der Waals surface area contributed by atoms with Gasteiger partial charge in [0.1, 0.15) is 0 Å². The number of H-pyrrole nitrogens is 1. The standard InChI is InChI=1S/C19H19N5O/c1-2-15(19-20-22-23-21-19)10-16-11-17-12-18(24-5-7-25-8-6-24)4-3-14(17)9-13(1)16/h1-4,10,12H,5-9,11H2,(H,20,21,22,23). The number of hydrogen-bond donors (Lipinski definition) is 1. The first kappa shape index (κ1) is 14.6. The van der Waals surface area contributed by atoms with E-state index >= 15 is 0 Å². The van der Waals surface area contributed by atoms with Crippen LogP contribution in [0.2, 0.25) is 0 Å². The third kappa shape index (κ3) is 2.68. The van der Waals surface area contributed by atoms with Gasteiger partial charge in [-0.1, -0.05) is 18.2 Å². The molecule has 2 aromatic carbocycles.